The van der Waals surface area contributed by atoms with Crippen molar-refractivity contribution >= 4 is 63.5 Å². The number of thiocarbonyl (C=S) groups is 1. The second kappa shape index (κ2) is 7.88. The fourth-order valence-electron chi connectivity index (χ4n) is 2.85. The first kappa shape index (κ1) is 19.5. The standard InChI is InChI=1S/C21H12FIN2O3S/c22-16-3-1-2-4-17(16)25-20(27)15(19(26)24-21(25)29)11-14-9-10-18(28-14)12-5-7-13(23)8-6-12/h1-11H,(H,24,26,29)/b15-11+. The number of halogens is 2. The summed E-state index contributed by atoms with van der Waals surface area (Å²) in [5.41, 5.74) is 0.626. The minimum absolute atomic E-state index is 0.0348. The lowest BCUT2D eigenvalue weighted by molar-refractivity contribution is -0.122. The Labute approximate surface area is 184 Å². The summed E-state index contributed by atoms with van der Waals surface area (Å²) in [5, 5.41) is 2.24. The first-order chi connectivity index (χ1) is 13.9. The Morgan fingerprint density at radius 3 is 2.48 bits per heavy atom. The molecule has 3 aromatic rings. The maximum absolute atomic E-state index is 14.2. The minimum Gasteiger partial charge on any atom is -0.457 e. The van der Waals surface area contributed by atoms with Crippen LogP contribution in [0.15, 0.2) is 70.7 Å². The number of nitrogens with zero attached hydrogens (tertiary/aromatic N) is 1. The number of para-hydroxylation sites is 1. The fourth-order valence-corrected chi connectivity index (χ4v) is 3.48. The van der Waals surface area contributed by atoms with E-state index in [0.717, 1.165) is 14.0 Å². The van der Waals surface area contributed by atoms with E-state index in [2.05, 4.69) is 27.9 Å². The molecule has 2 aromatic carbocycles. The van der Waals surface area contributed by atoms with E-state index in [1.165, 1.54) is 24.3 Å². The van der Waals surface area contributed by atoms with E-state index >= 15 is 0 Å². The largest absolute Gasteiger partial charge is 0.457 e. The predicted octanol–water partition coefficient (Wildman–Crippen LogP) is 4.52. The van der Waals surface area contributed by atoms with Gasteiger partial charge in [-0.1, -0.05) is 24.3 Å². The van der Waals surface area contributed by atoms with Gasteiger partial charge in [0, 0.05) is 9.13 Å². The normalized spacial score (nSPS) is 15.7. The van der Waals surface area contributed by atoms with Gasteiger partial charge in [0.15, 0.2) is 5.11 Å². The Balaban J connectivity index is 1.68. The van der Waals surface area contributed by atoms with E-state index in [4.69, 9.17) is 16.6 Å². The van der Waals surface area contributed by atoms with E-state index in [0.29, 0.717) is 11.5 Å². The number of carbonyl (C=O) groups is 2. The van der Waals surface area contributed by atoms with Gasteiger partial charge in [-0.25, -0.2) is 9.29 Å². The highest BCUT2D eigenvalue weighted by Gasteiger charge is 2.35. The molecule has 0 unspecified atom stereocenters. The molecule has 0 spiro atoms. The maximum atomic E-state index is 14.2. The van der Waals surface area contributed by atoms with Gasteiger partial charge in [0.1, 0.15) is 22.9 Å². The molecule has 144 valence electrons. The molecule has 0 bridgehead atoms. The van der Waals surface area contributed by atoms with Crippen molar-refractivity contribution in [3.05, 3.63) is 81.4 Å². The van der Waals surface area contributed by atoms with Crippen LogP contribution < -0.4 is 10.2 Å². The molecule has 1 aromatic heterocycles. The summed E-state index contributed by atoms with van der Waals surface area (Å²) in [4.78, 5) is 26.2. The number of hydrogen-bond acceptors (Lipinski definition) is 4. The first-order valence-corrected chi connectivity index (χ1v) is 9.94. The number of benzene rings is 2. The number of furan rings is 1. The second-order valence-electron chi connectivity index (χ2n) is 6.12. The number of rotatable bonds is 3. The van der Waals surface area contributed by atoms with Crippen LogP contribution in [-0.2, 0) is 9.59 Å². The molecule has 4 rings (SSSR count). The second-order valence-corrected chi connectivity index (χ2v) is 7.75. The first-order valence-electron chi connectivity index (χ1n) is 8.46. The molecule has 1 saturated heterocycles. The van der Waals surface area contributed by atoms with Crippen molar-refractivity contribution in [2.45, 2.75) is 0 Å². The van der Waals surface area contributed by atoms with Crippen molar-refractivity contribution in [2.75, 3.05) is 4.90 Å². The molecule has 5 nitrogen and oxygen atoms in total. The Kier molecular flexibility index (Phi) is 5.29. The third-order valence-electron chi connectivity index (χ3n) is 4.24. The topological polar surface area (TPSA) is 62.6 Å². The van der Waals surface area contributed by atoms with Crippen LogP contribution >= 0.6 is 34.8 Å². The van der Waals surface area contributed by atoms with Crippen LogP contribution in [0.3, 0.4) is 0 Å². The van der Waals surface area contributed by atoms with E-state index in [-0.39, 0.29) is 16.4 Å². The SMILES string of the molecule is O=C1NC(=S)N(c2ccccc2F)C(=O)/C1=C/c1ccc(-c2ccc(I)cc2)o1. The zero-order valence-corrected chi connectivity index (χ0v) is 17.7. The molecule has 0 atom stereocenters. The maximum Gasteiger partial charge on any atom is 0.270 e. The molecule has 0 aliphatic carbocycles. The molecule has 29 heavy (non-hydrogen) atoms. The smallest absolute Gasteiger partial charge is 0.270 e. The van der Waals surface area contributed by atoms with E-state index in [9.17, 15) is 14.0 Å². The Bertz CT molecular complexity index is 1170. The van der Waals surface area contributed by atoms with E-state index < -0.39 is 17.6 Å². The predicted molar refractivity (Wildman–Crippen MR) is 119 cm³/mol. The number of carbonyl (C=O) groups excluding carboxylic acids is 2. The van der Waals surface area contributed by atoms with Crippen molar-refractivity contribution in [1.29, 1.82) is 0 Å². The zero-order chi connectivity index (χ0) is 20.5. The van der Waals surface area contributed by atoms with Crippen molar-refractivity contribution in [1.82, 2.24) is 5.32 Å². The van der Waals surface area contributed by atoms with Gasteiger partial charge in [-0.05, 0) is 77.3 Å². The molecule has 1 aliphatic rings. The zero-order valence-electron chi connectivity index (χ0n) is 14.7. The molecule has 2 amide bonds. The van der Waals surface area contributed by atoms with Gasteiger partial charge < -0.3 is 4.42 Å². The van der Waals surface area contributed by atoms with Gasteiger partial charge in [0.2, 0.25) is 0 Å². The Morgan fingerprint density at radius 1 is 1.03 bits per heavy atom. The van der Waals surface area contributed by atoms with E-state index in [1.807, 2.05) is 24.3 Å². The summed E-state index contributed by atoms with van der Waals surface area (Å²) in [7, 11) is 0. The lowest BCUT2D eigenvalue weighted by atomic mass is 10.1. The minimum atomic E-state index is -0.726. The van der Waals surface area contributed by atoms with Gasteiger partial charge in [-0.15, -0.1) is 0 Å². The van der Waals surface area contributed by atoms with Crippen LogP contribution in [0.4, 0.5) is 10.1 Å². The van der Waals surface area contributed by atoms with Crippen LogP contribution in [0, 0.1) is 9.39 Å². The summed E-state index contributed by atoms with van der Waals surface area (Å²) in [5.74, 6) is -1.11. The van der Waals surface area contributed by atoms with Gasteiger partial charge in [-0.3, -0.25) is 14.9 Å². The van der Waals surface area contributed by atoms with Crippen molar-refractivity contribution in [3.63, 3.8) is 0 Å². The van der Waals surface area contributed by atoms with Crippen LogP contribution in [0.25, 0.3) is 17.4 Å². The summed E-state index contributed by atoms with van der Waals surface area (Å²) in [6.45, 7) is 0. The molecule has 8 heteroatoms. The highest BCUT2D eigenvalue weighted by Crippen LogP contribution is 2.27. The number of anilines is 1. The summed E-state index contributed by atoms with van der Waals surface area (Å²) in [6.07, 6.45) is 1.32. The Hall–Kier alpha value is -2.85. The van der Waals surface area contributed by atoms with Gasteiger partial charge in [0.05, 0.1) is 5.69 Å². The number of amides is 2. The molecule has 1 fully saturated rings. The van der Waals surface area contributed by atoms with E-state index in [1.54, 1.807) is 18.2 Å². The number of hydrogen-bond donors (Lipinski definition) is 1. The highest BCUT2D eigenvalue weighted by molar-refractivity contribution is 14.1. The molecular weight excluding hydrogens is 506 g/mol. The van der Waals surface area contributed by atoms with Gasteiger partial charge >= 0.3 is 0 Å². The van der Waals surface area contributed by atoms with Crippen LogP contribution in [0.5, 0.6) is 0 Å². The highest BCUT2D eigenvalue weighted by atomic mass is 127. The summed E-state index contributed by atoms with van der Waals surface area (Å²) < 4.78 is 21.0. The molecular formula is C21H12FIN2O3S. The van der Waals surface area contributed by atoms with Crippen molar-refractivity contribution in [2.24, 2.45) is 0 Å². The van der Waals surface area contributed by atoms with Gasteiger partial charge in [-0.2, -0.15) is 0 Å². The fraction of sp³-hybridized carbons (Fsp3) is 0. The lowest BCUT2D eigenvalue weighted by Crippen LogP contribution is -2.54. The lowest BCUT2D eigenvalue weighted by Gasteiger charge is -2.28. The average molecular weight is 518 g/mol. The third kappa shape index (κ3) is 3.85. The molecule has 0 radical (unpaired) electrons. The van der Waals surface area contributed by atoms with Gasteiger partial charge in [0.25, 0.3) is 11.8 Å². The monoisotopic (exact) mass is 518 g/mol. The Morgan fingerprint density at radius 2 is 1.76 bits per heavy atom. The average Bonchev–Trinajstić information content (AvgIpc) is 3.16. The third-order valence-corrected chi connectivity index (χ3v) is 5.24. The molecule has 2 heterocycles. The summed E-state index contributed by atoms with van der Waals surface area (Å²) >= 11 is 7.28. The molecule has 1 N–H and O–H groups in total. The molecule has 0 saturated carbocycles. The van der Waals surface area contributed by atoms with Crippen molar-refractivity contribution < 1.29 is 18.4 Å². The quantitative estimate of drug-likeness (QED) is 0.240. The van der Waals surface area contributed by atoms with Crippen molar-refractivity contribution in [3.8, 4) is 11.3 Å². The van der Waals surface area contributed by atoms with Crippen LogP contribution in [-0.4, -0.2) is 16.9 Å². The van der Waals surface area contributed by atoms with Crippen LogP contribution in [0.2, 0.25) is 0 Å². The number of nitrogens with one attached hydrogen (secondary N) is 1. The molecule has 1 aliphatic heterocycles. The summed E-state index contributed by atoms with van der Waals surface area (Å²) in [6, 6.07) is 16.8. The van der Waals surface area contributed by atoms with Crippen LogP contribution in [0.1, 0.15) is 5.76 Å².